The first-order valence-corrected chi connectivity index (χ1v) is 8.85. The van der Waals surface area contributed by atoms with Gasteiger partial charge in [-0.25, -0.2) is 9.59 Å². The molecule has 0 saturated heterocycles. The van der Waals surface area contributed by atoms with Crippen molar-refractivity contribution in [2.45, 2.75) is 19.4 Å². The molecule has 2 aromatic rings. The highest BCUT2D eigenvalue weighted by Crippen LogP contribution is 2.21. The quantitative estimate of drug-likeness (QED) is 0.679. The third kappa shape index (κ3) is 5.71. The molecule has 0 heterocycles. The van der Waals surface area contributed by atoms with Crippen molar-refractivity contribution in [2.75, 3.05) is 26.6 Å². The van der Waals surface area contributed by atoms with Crippen LogP contribution < -0.4 is 14.8 Å². The lowest BCUT2D eigenvalue weighted by molar-refractivity contribution is -0.122. The third-order valence-corrected chi connectivity index (χ3v) is 4.04. The molecule has 29 heavy (non-hydrogen) atoms. The predicted molar refractivity (Wildman–Crippen MR) is 105 cm³/mol. The Labute approximate surface area is 168 Å². The number of hydrogen-bond donors (Lipinski definition) is 1. The summed E-state index contributed by atoms with van der Waals surface area (Å²) in [5.74, 6) is -0.544. The third-order valence-electron chi connectivity index (χ3n) is 4.04. The number of rotatable bonds is 8. The fourth-order valence-corrected chi connectivity index (χ4v) is 2.53. The maximum Gasteiger partial charge on any atom is 0.337 e. The predicted octanol–water partition coefficient (Wildman–Crippen LogP) is 3.06. The van der Waals surface area contributed by atoms with Crippen LogP contribution in [0.15, 0.2) is 42.5 Å². The largest absolute Gasteiger partial charge is 0.497 e. The molecular formula is C21H23NO7. The van der Waals surface area contributed by atoms with Gasteiger partial charge < -0.3 is 24.3 Å². The smallest absolute Gasteiger partial charge is 0.337 e. The zero-order chi connectivity index (χ0) is 21.4. The Morgan fingerprint density at radius 2 is 1.38 bits per heavy atom. The van der Waals surface area contributed by atoms with Gasteiger partial charge in [0, 0.05) is 5.69 Å². The summed E-state index contributed by atoms with van der Waals surface area (Å²) in [5, 5.41) is 2.67. The molecule has 8 heteroatoms. The molecule has 1 amide bonds. The average Bonchev–Trinajstić information content (AvgIpc) is 2.76. The molecule has 0 spiro atoms. The van der Waals surface area contributed by atoms with Gasteiger partial charge in [-0.1, -0.05) is 6.92 Å². The number of carbonyl (C=O) groups is 3. The zero-order valence-corrected chi connectivity index (χ0v) is 16.7. The van der Waals surface area contributed by atoms with E-state index >= 15 is 0 Å². The number of methoxy groups -OCH3 is 3. The number of nitrogens with one attached hydrogen (secondary N) is 1. The molecule has 0 aliphatic heterocycles. The number of hydrogen-bond acceptors (Lipinski definition) is 7. The second kappa shape index (κ2) is 10.1. The SMILES string of the molecule is CC[C@@H](Oc1ccc(OC)cc1)C(=O)Nc1cc(C(=O)OC)cc(C(=O)OC)c1. The van der Waals surface area contributed by atoms with E-state index in [1.165, 1.54) is 32.4 Å². The number of esters is 2. The molecule has 2 rings (SSSR count). The average molecular weight is 401 g/mol. The monoisotopic (exact) mass is 401 g/mol. The summed E-state index contributed by atoms with van der Waals surface area (Å²) in [6.45, 7) is 1.80. The van der Waals surface area contributed by atoms with Gasteiger partial charge in [-0.05, 0) is 48.9 Å². The molecule has 2 aromatic carbocycles. The van der Waals surface area contributed by atoms with Crippen LogP contribution >= 0.6 is 0 Å². The highest BCUT2D eigenvalue weighted by atomic mass is 16.5. The molecule has 154 valence electrons. The Balaban J connectivity index is 2.21. The minimum absolute atomic E-state index is 0.106. The van der Waals surface area contributed by atoms with Crippen molar-refractivity contribution in [3.05, 3.63) is 53.6 Å². The van der Waals surface area contributed by atoms with Crippen molar-refractivity contribution in [2.24, 2.45) is 0 Å². The fourth-order valence-electron chi connectivity index (χ4n) is 2.53. The van der Waals surface area contributed by atoms with E-state index in [0.717, 1.165) is 0 Å². The van der Waals surface area contributed by atoms with Crippen LogP contribution in [0.4, 0.5) is 5.69 Å². The Morgan fingerprint density at radius 3 is 1.83 bits per heavy atom. The van der Waals surface area contributed by atoms with Gasteiger partial charge in [-0.3, -0.25) is 4.79 Å². The number of carbonyl (C=O) groups excluding carboxylic acids is 3. The second-order valence-electron chi connectivity index (χ2n) is 5.96. The summed E-state index contributed by atoms with van der Waals surface area (Å²) in [5.41, 5.74) is 0.458. The molecule has 1 atom stereocenters. The fraction of sp³-hybridized carbons (Fsp3) is 0.286. The first kappa shape index (κ1) is 21.7. The molecule has 0 saturated carbocycles. The van der Waals surface area contributed by atoms with Crippen LogP contribution in [0, 0.1) is 0 Å². The van der Waals surface area contributed by atoms with Gasteiger partial charge in [0.2, 0.25) is 0 Å². The molecule has 0 bridgehead atoms. The van der Waals surface area contributed by atoms with Crippen molar-refractivity contribution >= 4 is 23.5 Å². The molecule has 0 fully saturated rings. The van der Waals surface area contributed by atoms with E-state index in [1.807, 2.05) is 0 Å². The van der Waals surface area contributed by atoms with Crippen LogP contribution in [0.5, 0.6) is 11.5 Å². The van der Waals surface area contributed by atoms with Crippen molar-refractivity contribution in [3.63, 3.8) is 0 Å². The Hall–Kier alpha value is -3.55. The Morgan fingerprint density at radius 1 is 0.862 bits per heavy atom. The van der Waals surface area contributed by atoms with Gasteiger partial charge in [0.25, 0.3) is 5.91 Å². The van der Waals surface area contributed by atoms with E-state index in [1.54, 1.807) is 38.3 Å². The molecule has 0 aromatic heterocycles. The first-order valence-electron chi connectivity index (χ1n) is 8.85. The molecule has 1 N–H and O–H groups in total. The van der Waals surface area contributed by atoms with Crippen LogP contribution in [0.2, 0.25) is 0 Å². The lowest BCUT2D eigenvalue weighted by atomic mass is 10.1. The normalized spacial score (nSPS) is 11.2. The molecule has 0 radical (unpaired) electrons. The molecule has 0 aliphatic rings. The summed E-state index contributed by atoms with van der Waals surface area (Å²) < 4.78 is 20.2. The highest BCUT2D eigenvalue weighted by molar-refractivity contribution is 6.00. The van der Waals surface area contributed by atoms with Gasteiger partial charge in [0.15, 0.2) is 6.10 Å². The lowest BCUT2D eigenvalue weighted by Crippen LogP contribution is -2.32. The van der Waals surface area contributed by atoms with Crippen molar-refractivity contribution in [3.8, 4) is 11.5 Å². The lowest BCUT2D eigenvalue weighted by Gasteiger charge is -2.18. The highest BCUT2D eigenvalue weighted by Gasteiger charge is 2.21. The maximum absolute atomic E-state index is 12.7. The minimum Gasteiger partial charge on any atom is -0.497 e. The molecule has 0 aliphatic carbocycles. The van der Waals surface area contributed by atoms with Crippen LogP contribution in [0.1, 0.15) is 34.1 Å². The minimum atomic E-state index is -0.785. The van der Waals surface area contributed by atoms with E-state index in [2.05, 4.69) is 5.32 Å². The van der Waals surface area contributed by atoms with E-state index in [-0.39, 0.29) is 16.8 Å². The van der Waals surface area contributed by atoms with Gasteiger partial charge in [0.1, 0.15) is 11.5 Å². The van der Waals surface area contributed by atoms with Gasteiger partial charge in [-0.15, -0.1) is 0 Å². The van der Waals surface area contributed by atoms with Gasteiger partial charge in [0.05, 0.1) is 32.5 Å². The number of anilines is 1. The van der Waals surface area contributed by atoms with Gasteiger partial charge in [-0.2, -0.15) is 0 Å². The van der Waals surface area contributed by atoms with Crippen LogP contribution in [-0.2, 0) is 14.3 Å². The zero-order valence-electron chi connectivity index (χ0n) is 16.7. The van der Waals surface area contributed by atoms with E-state index in [9.17, 15) is 14.4 Å². The van der Waals surface area contributed by atoms with Crippen LogP contribution in [-0.4, -0.2) is 45.3 Å². The summed E-state index contributed by atoms with van der Waals surface area (Å²) in [4.78, 5) is 36.4. The van der Waals surface area contributed by atoms with Crippen LogP contribution in [0.25, 0.3) is 0 Å². The van der Waals surface area contributed by atoms with E-state index < -0.39 is 23.9 Å². The summed E-state index contributed by atoms with van der Waals surface area (Å²) >= 11 is 0. The first-order chi connectivity index (χ1) is 13.9. The Kier molecular flexibility index (Phi) is 7.59. The summed E-state index contributed by atoms with van der Waals surface area (Å²) in [6.07, 6.45) is -0.384. The van der Waals surface area contributed by atoms with Crippen molar-refractivity contribution in [1.29, 1.82) is 0 Å². The molecular weight excluding hydrogens is 378 g/mol. The Bertz CT molecular complexity index is 843. The van der Waals surface area contributed by atoms with E-state index in [0.29, 0.717) is 17.9 Å². The number of benzene rings is 2. The van der Waals surface area contributed by atoms with Gasteiger partial charge >= 0.3 is 11.9 Å². The van der Waals surface area contributed by atoms with Crippen LogP contribution in [0.3, 0.4) is 0 Å². The molecule has 0 unspecified atom stereocenters. The topological polar surface area (TPSA) is 100 Å². The number of amides is 1. The summed E-state index contributed by atoms with van der Waals surface area (Å²) in [7, 11) is 4.01. The van der Waals surface area contributed by atoms with E-state index in [4.69, 9.17) is 18.9 Å². The standard InChI is InChI=1S/C21H23NO7/c1-5-18(29-17-8-6-16(26-2)7-9-17)19(23)22-15-11-13(20(24)27-3)10-14(12-15)21(25)28-4/h6-12,18H,5H2,1-4H3,(H,22,23)/t18-/m1/s1. The second-order valence-corrected chi connectivity index (χ2v) is 5.96. The maximum atomic E-state index is 12.7. The van der Waals surface area contributed by atoms with Crippen molar-refractivity contribution < 1.29 is 33.3 Å². The van der Waals surface area contributed by atoms with Crippen molar-refractivity contribution in [1.82, 2.24) is 0 Å². The number of ether oxygens (including phenoxy) is 4. The molecule has 8 nitrogen and oxygen atoms in total. The summed E-state index contributed by atoms with van der Waals surface area (Å²) in [6, 6.07) is 11.0.